The molecule has 14 heavy (non-hydrogen) atoms. The van der Waals surface area contributed by atoms with Crippen molar-refractivity contribution >= 4 is 22.2 Å². The van der Waals surface area contributed by atoms with Gasteiger partial charge < -0.3 is 0 Å². The molecule has 0 amide bonds. The minimum Gasteiger partial charge on any atom is -0.298 e. The van der Waals surface area contributed by atoms with E-state index in [2.05, 4.69) is 20.9 Å². The molecule has 0 atom stereocenters. The molecule has 0 aromatic carbocycles. The standard InChI is InChI=1S/C8H3BrF2N2O/c9-7-5(3-14)4(2-12)1-6(13-7)8(10)11/h1,3,8H. The first-order valence-electron chi connectivity index (χ1n) is 3.44. The molecule has 0 aliphatic heterocycles. The zero-order chi connectivity index (χ0) is 10.7. The molecule has 0 unspecified atom stereocenters. The molecule has 0 saturated carbocycles. The Hall–Kier alpha value is -1.35. The molecule has 0 aliphatic rings. The fourth-order valence-corrected chi connectivity index (χ4v) is 1.37. The topological polar surface area (TPSA) is 53.8 Å². The Kier molecular flexibility index (Phi) is 3.25. The predicted octanol–water partition coefficient (Wildman–Crippen LogP) is 2.47. The van der Waals surface area contributed by atoms with Gasteiger partial charge in [0.1, 0.15) is 16.4 Å². The molecule has 3 nitrogen and oxygen atoms in total. The van der Waals surface area contributed by atoms with Crippen molar-refractivity contribution < 1.29 is 13.6 Å². The Morgan fingerprint density at radius 2 is 2.29 bits per heavy atom. The molecule has 0 spiro atoms. The minimum atomic E-state index is -2.76. The van der Waals surface area contributed by atoms with E-state index >= 15 is 0 Å². The first kappa shape index (κ1) is 10.7. The maximum Gasteiger partial charge on any atom is 0.280 e. The molecule has 1 heterocycles. The number of aromatic nitrogens is 1. The number of aldehydes is 1. The summed E-state index contributed by atoms with van der Waals surface area (Å²) in [5, 5.41) is 8.58. The van der Waals surface area contributed by atoms with Crippen molar-refractivity contribution in [1.82, 2.24) is 4.98 Å². The average molecular weight is 261 g/mol. The van der Waals surface area contributed by atoms with Crippen molar-refractivity contribution in [3.8, 4) is 6.07 Å². The molecule has 6 heteroatoms. The predicted molar refractivity (Wildman–Crippen MR) is 47.0 cm³/mol. The second kappa shape index (κ2) is 4.24. The summed E-state index contributed by atoms with van der Waals surface area (Å²) in [4.78, 5) is 13.9. The number of carbonyl (C=O) groups excluding carboxylic acids is 1. The highest BCUT2D eigenvalue weighted by Crippen LogP contribution is 2.23. The largest absolute Gasteiger partial charge is 0.298 e. The molecule has 0 fully saturated rings. The lowest BCUT2D eigenvalue weighted by atomic mass is 10.1. The highest BCUT2D eigenvalue weighted by molar-refractivity contribution is 9.10. The zero-order valence-corrected chi connectivity index (χ0v) is 8.25. The van der Waals surface area contributed by atoms with Crippen LogP contribution in [0.25, 0.3) is 0 Å². The lowest BCUT2D eigenvalue weighted by molar-refractivity contribution is 0.112. The Labute approximate surface area is 86.5 Å². The van der Waals surface area contributed by atoms with Gasteiger partial charge in [-0.15, -0.1) is 0 Å². The molecule has 0 aliphatic carbocycles. The number of nitriles is 1. The van der Waals surface area contributed by atoms with Gasteiger partial charge in [-0.3, -0.25) is 4.79 Å². The summed E-state index contributed by atoms with van der Waals surface area (Å²) in [5.41, 5.74) is -0.659. The Balaban J connectivity index is 3.40. The summed E-state index contributed by atoms with van der Waals surface area (Å²) in [6.45, 7) is 0. The molecule has 72 valence electrons. The number of pyridine rings is 1. The lowest BCUT2D eigenvalue weighted by Gasteiger charge is -2.03. The van der Waals surface area contributed by atoms with Crippen LogP contribution in [-0.4, -0.2) is 11.3 Å². The van der Waals surface area contributed by atoms with Crippen LogP contribution in [0.5, 0.6) is 0 Å². The molecule has 0 saturated heterocycles. The van der Waals surface area contributed by atoms with Gasteiger partial charge in [0, 0.05) is 0 Å². The van der Waals surface area contributed by atoms with E-state index in [0.29, 0.717) is 6.29 Å². The Bertz CT molecular complexity index is 415. The number of carbonyl (C=O) groups is 1. The molecule has 1 rings (SSSR count). The van der Waals surface area contributed by atoms with E-state index in [1.165, 1.54) is 0 Å². The number of alkyl halides is 2. The van der Waals surface area contributed by atoms with E-state index in [4.69, 9.17) is 5.26 Å². The molecule has 0 radical (unpaired) electrons. The molecular formula is C8H3BrF2N2O. The van der Waals surface area contributed by atoms with Crippen LogP contribution in [0, 0.1) is 11.3 Å². The second-order valence-corrected chi connectivity index (χ2v) is 3.08. The number of hydrogen-bond donors (Lipinski definition) is 0. The number of rotatable bonds is 2. The van der Waals surface area contributed by atoms with Gasteiger partial charge in [0.05, 0.1) is 11.1 Å². The van der Waals surface area contributed by atoms with Crippen LogP contribution in [0.1, 0.15) is 28.0 Å². The monoisotopic (exact) mass is 260 g/mol. The SMILES string of the molecule is N#Cc1cc(C(F)F)nc(Br)c1C=O. The fraction of sp³-hybridized carbons (Fsp3) is 0.125. The maximum absolute atomic E-state index is 12.2. The summed E-state index contributed by atoms with van der Waals surface area (Å²) >= 11 is 2.84. The third-order valence-corrected chi connectivity index (χ3v) is 2.10. The van der Waals surface area contributed by atoms with Crippen molar-refractivity contribution in [3.63, 3.8) is 0 Å². The van der Waals surface area contributed by atoms with Crippen molar-refractivity contribution in [2.45, 2.75) is 6.43 Å². The van der Waals surface area contributed by atoms with Crippen LogP contribution in [0.2, 0.25) is 0 Å². The number of hydrogen-bond acceptors (Lipinski definition) is 3. The van der Waals surface area contributed by atoms with Crippen LogP contribution < -0.4 is 0 Å². The number of nitrogens with zero attached hydrogens (tertiary/aromatic N) is 2. The Morgan fingerprint density at radius 1 is 1.64 bits per heavy atom. The van der Waals surface area contributed by atoms with E-state index in [1.807, 2.05) is 0 Å². The van der Waals surface area contributed by atoms with Crippen LogP contribution in [0.4, 0.5) is 8.78 Å². The Morgan fingerprint density at radius 3 is 2.71 bits per heavy atom. The molecule has 1 aromatic heterocycles. The summed E-state index contributed by atoms with van der Waals surface area (Å²) in [5.74, 6) is 0. The van der Waals surface area contributed by atoms with Crippen LogP contribution >= 0.6 is 15.9 Å². The minimum absolute atomic E-state index is 0.0168. The molecular weight excluding hydrogens is 258 g/mol. The van der Waals surface area contributed by atoms with E-state index in [-0.39, 0.29) is 15.7 Å². The highest BCUT2D eigenvalue weighted by atomic mass is 79.9. The van der Waals surface area contributed by atoms with Crippen molar-refractivity contribution in [2.75, 3.05) is 0 Å². The molecule has 0 bridgehead atoms. The summed E-state index contributed by atoms with van der Waals surface area (Å²) in [7, 11) is 0. The van der Waals surface area contributed by atoms with Gasteiger partial charge in [-0.2, -0.15) is 5.26 Å². The summed E-state index contributed by atoms with van der Waals surface area (Å²) in [6.07, 6.45) is -2.37. The normalized spacial score (nSPS) is 9.93. The molecule has 1 aromatic rings. The van der Waals surface area contributed by atoms with Gasteiger partial charge in [-0.1, -0.05) is 0 Å². The lowest BCUT2D eigenvalue weighted by Crippen LogP contribution is -1.98. The number of halogens is 3. The third-order valence-electron chi connectivity index (χ3n) is 1.49. The second-order valence-electron chi connectivity index (χ2n) is 2.33. The average Bonchev–Trinajstić information content (AvgIpc) is 2.16. The highest BCUT2D eigenvalue weighted by Gasteiger charge is 2.15. The van der Waals surface area contributed by atoms with E-state index < -0.39 is 12.1 Å². The quantitative estimate of drug-likeness (QED) is 0.607. The van der Waals surface area contributed by atoms with E-state index in [0.717, 1.165) is 6.07 Å². The first-order valence-corrected chi connectivity index (χ1v) is 4.23. The third kappa shape index (κ3) is 1.93. The van der Waals surface area contributed by atoms with Crippen molar-refractivity contribution in [2.24, 2.45) is 0 Å². The van der Waals surface area contributed by atoms with Crippen LogP contribution in [-0.2, 0) is 0 Å². The molecule has 0 N–H and O–H groups in total. The van der Waals surface area contributed by atoms with E-state index in [1.54, 1.807) is 6.07 Å². The maximum atomic E-state index is 12.2. The van der Waals surface area contributed by atoms with Gasteiger partial charge in [-0.05, 0) is 22.0 Å². The van der Waals surface area contributed by atoms with Crippen LogP contribution in [0.3, 0.4) is 0 Å². The van der Waals surface area contributed by atoms with Gasteiger partial charge in [0.15, 0.2) is 6.29 Å². The summed E-state index contributed by atoms with van der Waals surface area (Å²) < 4.78 is 24.4. The van der Waals surface area contributed by atoms with Gasteiger partial charge >= 0.3 is 0 Å². The van der Waals surface area contributed by atoms with Gasteiger partial charge in [0.2, 0.25) is 0 Å². The summed E-state index contributed by atoms with van der Waals surface area (Å²) in [6, 6.07) is 2.55. The van der Waals surface area contributed by atoms with E-state index in [9.17, 15) is 13.6 Å². The van der Waals surface area contributed by atoms with Gasteiger partial charge in [0.25, 0.3) is 6.43 Å². The fourth-order valence-electron chi connectivity index (χ4n) is 0.859. The van der Waals surface area contributed by atoms with Gasteiger partial charge in [-0.25, -0.2) is 13.8 Å². The zero-order valence-electron chi connectivity index (χ0n) is 6.67. The smallest absolute Gasteiger partial charge is 0.280 e. The van der Waals surface area contributed by atoms with Crippen molar-refractivity contribution in [1.29, 1.82) is 5.26 Å². The first-order chi connectivity index (χ1) is 6.60. The van der Waals surface area contributed by atoms with Crippen LogP contribution in [0.15, 0.2) is 10.7 Å². The van der Waals surface area contributed by atoms with Crippen molar-refractivity contribution in [3.05, 3.63) is 27.5 Å².